The summed E-state index contributed by atoms with van der Waals surface area (Å²) >= 11 is 0. The monoisotopic (exact) mass is 211 g/mol. The number of nitrogens with one attached hydrogen (secondary N) is 1. The average molecular weight is 211 g/mol. The molecule has 0 saturated heterocycles. The Bertz CT molecular complexity index is 224. The summed E-state index contributed by atoms with van der Waals surface area (Å²) in [5.41, 5.74) is 1.39. The van der Waals surface area contributed by atoms with Crippen molar-refractivity contribution in [2.24, 2.45) is 5.92 Å². The molecule has 86 valence electrons. The first-order valence-electron chi connectivity index (χ1n) is 5.88. The maximum Gasteiger partial charge on any atom is 0.0689 e. The molecule has 0 aromatic carbocycles. The van der Waals surface area contributed by atoms with E-state index in [-0.39, 0.29) is 0 Å². The Labute approximate surface area is 91.8 Å². The van der Waals surface area contributed by atoms with Gasteiger partial charge in [-0.15, -0.1) is 0 Å². The Hall–Kier alpha value is -0.380. The molecule has 1 saturated carbocycles. The second-order valence-electron chi connectivity index (χ2n) is 4.48. The highest BCUT2D eigenvalue weighted by Crippen LogP contribution is 2.32. The average Bonchev–Trinajstić information content (AvgIpc) is 3.09. The van der Waals surface area contributed by atoms with Gasteiger partial charge in [-0.2, -0.15) is 0 Å². The number of hydrogen-bond donors (Lipinski definition) is 1. The van der Waals surface area contributed by atoms with Gasteiger partial charge in [-0.3, -0.25) is 0 Å². The van der Waals surface area contributed by atoms with Gasteiger partial charge in [0.2, 0.25) is 0 Å². The summed E-state index contributed by atoms with van der Waals surface area (Å²) in [6.07, 6.45) is 6.08. The molecule has 1 aliphatic heterocycles. The van der Waals surface area contributed by atoms with Crippen LogP contribution in [-0.2, 0) is 9.47 Å². The lowest BCUT2D eigenvalue weighted by molar-refractivity contribution is 0.142. The second kappa shape index (κ2) is 5.64. The minimum Gasteiger partial charge on any atom is -0.383 e. The quantitative estimate of drug-likeness (QED) is 0.673. The van der Waals surface area contributed by atoms with E-state index >= 15 is 0 Å². The van der Waals surface area contributed by atoms with Crippen molar-refractivity contribution in [1.29, 1.82) is 0 Å². The van der Waals surface area contributed by atoms with Crippen molar-refractivity contribution in [2.75, 3.05) is 33.5 Å². The third kappa shape index (κ3) is 3.59. The SMILES string of the molecule is COCC(NCC1=CCCOC1)C1CC1. The van der Waals surface area contributed by atoms with E-state index < -0.39 is 0 Å². The van der Waals surface area contributed by atoms with Crippen LogP contribution in [0.25, 0.3) is 0 Å². The van der Waals surface area contributed by atoms with Crippen LogP contribution in [0.5, 0.6) is 0 Å². The molecule has 0 radical (unpaired) electrons. The summed E-state index contributed by atoms with van der Waals surface area (Å²) in [4.78, 5) is 0. The molecule has 1 unspecified atom stereocenters. The molecule has 0 aromatic rings. The van der Waals surface area contributed by atoms with Crippen molar-refractivity contribution in [2.45, 2.75) is 25.3 Å². The maximum atomic E-state index is 5.41. The highest BCUT2D eigenvalue weighted by Gasteiger charge is 2.30. The molecule has 1 aliphatic carbocycles. The molecule has 0 spiro atoms. The van der Waals surface area contributed by atoms with Crippen molar-refractivity contribution in [3.8, 4) is 0 Å². The van der Waals surface area contributed by atoms with Crippen molar-refractivity contribution in [3.63, 3.8) is 0 Å². The smallest absolute Gasteiger partial charge is 0.0689 e. The maximum absolute atomic E-state index is 5.41. The number of hydrogen-bond acceptors (Lipinski definition) is 3. The van der Waals surface area contributed by atoms with Crippen LogP contribution in [0.15, 0.2) is 11.6 Å². The fraction of sp³-hybridized carbons (Fsp3) is 0.833. The Morgan fingerprint density at radius 2 is 2.47 bits per heavy atom. The Morgan fingerprint density at radius 1 is 1.60 bits per heavy atom. The lowest BCUT2D eigenvalue weighted by Gasteiger charge is -2.20. The molecule has 0 aromatic heterocycles. The van der Waals surface area contributed by atoms with Gasteiger partial charge in [-0.05, 0) is 30.8 Å². The van der Waals surface area contributed by atoms with E-state index in [9.17, 15) is 0 Å². The van der Waals surface area contributed by atoms with Crippen LogP contribution in [0.2, 0.25) is 0 Å². The normalized spacial score (nSPS) is 23.7. The Kier molecular flexibility index (Phi) is 4.18. The standard InChI is InChI=1S/C12H21NO2/c1-14-9-12(11-4-5-11)13-7-10-3-2-6-15-8-10/h3,11-13H,2,4-9H2,1H3. The van der Waals surface area contributed by atoms with E-state index in [0.29, 0.717) is 6.04 Å². The first-order chi connectivity index (χ1) is 7.40. The van der Waals surface area contributed by atoms with Gasteiger partial charge < -0.3 is 14.8 Å². The predicted molar refractivity (Wildman–Crippen MR) is 59.9 cm³/mol. The third-order valence-corrected chi connectivity index (χ3v) is 3.11. The van der Waals surface area contributed by atoms with Crippen molar-refractivity contribution in [3.05, 3.63) is 11.6 Å². The van der Waals surface area contributed by atoms with Gasteiger partial charge in [0.05, 0.1) is 19.8 Å². The van der Waals surface area contributed by atoms with Gasteiger partial charge in [-0.25, -0.2) is 0 Å². The van der Waals surface area contributed by atoms with Crippen molar-refractivity contribution < 1.29 is 9.47 Å². The van der Waals surface area contributed by atoms with Crippen LogP contribution in [-0.4, -0.2) is 39.5 Å². The molecular weight excluding hydrogens is 190 g/mol. The number of rotatable bonds is 6. The summed E-state index contributed by atoms with van der Waals surface area (Å²) in [5.74, 6) is 0.843. The molecular formula is C12H21NO2. The number of methoxy groups -OCH3 is 1. The molecule has 2 rings (SSSR count). The molecule has 3 heteroatoms. The summed E-state index contributed by atoms with van der Waals surface area (Å²) in [6, 6.07) is 0.540. The van der Waals surface area contributed by atoms with Crippen molar-refractivity contribution >= 4 is 0 Å². The lowest BCUT2D eigenvalue weighted by Crippen LogP contribution is -2.37. The van der Waals surface area contributed by atoms with Crippen LogP contribution in [0.1, 0.15) is 19.3 Å². The Morgan fingerprint density at radius 3 is 3.07 bits per heavy atom. The number of ether oxygens (including phenoxy) is 2. The summed E-state index contributed by atoms with van der Waals surface area (Å²) in [7, 11) is 1.78. The van der Waals surface area contributed by atoms with E-state index in [0.717, 1.165) is 38.7 Å². The topological polar surface area (TPSA) is 30.5 Å². The second-order valence-corrected chi connectivity index (χ2v) is 4.48. The molecule has 1 atom stereocenters. The third-order valence-electron chi connectivity index (χ3n) is 3.11. The highest BCUT2D eigenvalue weighted by atomic mass is 16.5. The molecule has 1 N–H and O–H groups in total. The molecule has 1 fully saturated rings. The van der Waals surface area contributed by atoms with Gasteiger partial charge in [0.15, 0.2) is 0 Å². The van der Waals surface area contributed by atoms with E-state index in [1.54, 1.807) is 7.11 Å². The molecule has 15 heavy (non-hydrogen) atoms. The van der Waals surface area contributed by atoms with E-state index in [2.05, 4.69) is 11.4 Å². The van der Waals surface area contributed by atoms with Crippen molar-refractivity contribution in [1.82, 2.24) is 5.32 Å². The molecule has 2 aliphatic rings. The summed E-state index contributed by atoms with van der Waals surface area (Å²) in [6.45, 7) is 3.48. The lowest BCUT2D eigenvalue weighted by atomic mass is 10.1. The van der Waals surface area contributed by atoms with Crippen LogP contribution in [0, 0.1) is 5.92 Å². The van der Waals surface area contributed by atoms with Crippen LogP contribution in [0.3, 0.4) is 0 Å². The minimum absolute atomic E-state index is 0.540. The summed E-state index contributed by atoms with van der Waals surface area (Å²) < 4.78 is 10.6. The highest BCUT2D eigenvalue weighted by molar-refractivity contribution is 5.07. The Balaban J connectivity index is 1.71. The zero-order chi connectivity index (χ0) is 10.5. The molecule has 0 bridgehead atoms. The first kappa shape index (κ1) is 11.1. The molecule has 0 amide bonds. The van der Waals surface area contributed by atoms with Gasteiger partial charge in [0.25, 0.3) is 0 Å². The van der Waals surface area contributed by atoms with E-state index in [1.165, 1.54) is 18.4 Å². The van der Waals surface area contributed by atoms with E-state index in [4.69, 9.17) is 9.47 Å². The molecule has 3 nitrogen and oxygen atoms in total. The van der Waals surface area contributed by atoms with E-state index in [1.807, 2.05) is 0 Å². The summed E-state index contributed by atoms with van der Waals surface area (Å²) in [5, 5.41) is 3.58. The van der Waals surface area contributed by atoms with Crippen LogP contribution in [0.4, 0.5) is 0 Å². The fourth-order valence-corrected chi connectivity index (χ4v) is 2.03. The first-order valence-corrected chi connectivity index (χ1v) is 5.88. The van der Waals surface area contributed by atoms with Gasteiger partial charge in [0.1, 0.15) is 0 Å². The van der Waals surface area contributed by atoms with Gasteiger partial charge in [0, 0.05) is 19.7 Å². The predicted octanol–water partition coefficient (Wildman–Crippen LogP) is 1.35. The molecule has 1 heterocycles. The van der Waals surface area contributed by atoms with Gasteiger partial charge >= 0.3 is 0 Å². The zero-order valence-corrected chi connectivity index (χ0v) is 9.50. The largest absolute Gasteiger partial charge is 0.383 e. The zero-order valence-electron chi connectivity index (χ0n) is 9.50. The van der Waals surface area contributed by atoms with Gasteiger partial charge in [-0.1, -0.05) is 6.08 Å². The minimum atomic E-state index is 0.540. The van der Waals surface area contributed by atoms with Crippen LogP contribution < -0.4 is 5.32 Å². The fourth-order valence-electron chi connectivity index (χ4n) is 2.03. The van der Waals surface area contributed by atoms with Crippen LogP contribution >= 0.6 is 0 Å².